The number of rotatable bonds is 2. The highest BCUT2D eigenvalue weighted by atomic mass is 32.2. The highest BCUT2D eigenvalue weighted by Gasteiger charge is 2.17. The third-order valence-corrected chi connectivity index (χ3v) is 4.36. The summed E-state index contributed by atoms with van der Waals surface area (Å²) in [5.74, 6) is 1.04. The van der Waals surface area contributed by atoms with E-state index in [1.165, 1.54) is 6.07 Å². The van der Waals surface area contributed by atoms with Crippen LogP contribution in [0.15, 0.2) is 18.2 Å². The Labute approximate surface area is 122 Å². The van der Waals surface area contributed by atoms with E-state index in [0.29, 0.717) is 11.3 Å². The third kappa shape index (κ3) is 3.45. The van der Waals surface area contributed by atoms with Crippen molar-refractivity contribution >= 4 is 29.4 Å². The number of aromatic carboxylic acids is 1. The van der Waals surface area contributed by atoms with Crippen LogP contribution in [-0.4, -0.2) is 46.6 Å². The summed E-state index contributed by atoms with van der Waals surface area (Å²) in [5, 5.41) is 11.9. The molecule has 0 bridgehead atoms. The number of nitrogens with one attached hydrogen (secondary N) is 1. The van der Waals surface area contributed by atoms with Crippen LogP contribution in [-0.2, 0) is 0 Å². The van der Waals surface area contributed by atoms with Crippen molar-refractivity contribution in [3.63, 3.8) is 0 Å². The van der Waals surface area contributed by atoms with E-state index in [2.05, 4.69) is 5.32 Å². The monoisotopic (exact) mass is 294 g/mol. The lowest BCUT2D eigenvalue weighted by molar-refractivity contribution is 0.0696. The van der Waals surface area contributed by atoms with Crippen molar-refractivity contribution in [2.24, 2.45) is 0 Å². The van der Waals surface area contributed by atoms with E-state index in [-0.39, 0.29) is 11.6 Å². The van der Waals surface area contributed by atoms with Crippen molar-refractivity contribution in [3.8, 4) is 0 Å². The van der Waals surface area contributed by atoms with E-state index in [1.807, 2.05) is 11.8 Å². The van der Waals surface area contributed by atoms with Gasteiger partial charge in [-0.25, -0.2) is 9.59 Å². The average Bonchev–Trinajstić information content (AvgIpc) is 2.69. The van der Waals surface area contributed by atoms with Crippen LogP contribution >= 0.6 is 11.8 Å². The molecule has 2 N–H and O–H groups in total. The predicted octanol–water partition coefficient (Wildman–Crippen LogP) is 2.66. The maximum atomic E-state index is 12.2. The van der Waals surface area contributed by atoms with Gasteiger partial charge in [0.1, 0.15) is 0 Å². The lowest BCUT2D eigenvalue weighted by Gasteiger charge is -2.21. The Morgan fingerprint density at radius 1 is 1.30 bits per heavy atom. The van der Waals surface area contributed by atoms with Crippen LogP contribution in [0, 0.1) is 6.92 Å². The average molecular weight is 294 g/mol. The van der Waals surface area contributed by atoms with Gasteiger partial charge in [-0.15, -0.1) is 0 Å². The summed E-state index contributed by atoms with van der Waals surface area (Å²) < 4.78 is 0. The molecule has 0 aromatic heterocycles. The number of hydrogen-bond donors (Lipinski definition) is 2. The first-order valence-corrected chi connectivity index (χ1v) is 7.71. The molecular weight excluding hydrogens is 276 g/mol. The van der Waals surface area contributed by atoms with Crippen LogP contribution < -0.4 is 5.32 Å². The highest BCUT2D eigenvalue weighted by Crippen LogP contribution is 2.20. The van der Waals surface area contributed by atoms with Crippen LogP contribution in [0.1, 0.15) is 22.3 Å². The van der Waals surface area contributed by atoms with Gasteiger partial charge in [0.25, 0.3) is 0 Å². The maximum Gasteiger partial charge on any atom is 0.336 e. The summed E-state index contributed by atoms with van der Waals surface area (Å²) in [6.45, 7) is 3.18. The fourth-order valence-electron chi connectivity index (χ4n) is 2.15. The van der Waals surface area contributed by atoms with Gasteiger partial charge in [-0.1, -0.05) is 6.07 Å². The third-order valence-electron chi connectivity index (χ3n) is 3.32. The van der Waals surface area contributed by atoms with E-state index >= 15 is 0 Å². The molecule has 5 nitrogen and oxygen atoms in total. The summed E-state index contributed by atoms with van der Waals surface area (Å²) in [6.07, 6.45) is 0.992. The van der Waals surface area contributed by atoms with Gasteiger partial charge in [0.2, 0.25) is 0 Å². The van der Waals surface area contributed by atoms with Crippen LogP contribution in [0.5, 0.6) is 0 Å². The van der Waals surface area contributed by atoms with Crippen LogP contribution in [0.3, 0.4) is 0 Å². The van der Waals surface area contributed by atoms with Gasteiger partial charge in [0, 0.05) is 24.5 Å². The molecule has 0 spiro atoms. The molecule has 6 heteroatoms. The molecule has 1 heterocycles. The second-order valence-corrected chi connectivity index (χ2v) is 5.89. The summed E-state index contributed by atoms with van der Waals surface area (Å²) in [5.41, 5.74) is 1.36. The molecule has 1 aromatic carbocycles. The normalized spacial score (nSPS) is 15.6. The van der Waals surface area contributed by atoms with Gasteiger partial charge < -0.3 is 15.3 Å². The number of carbonyl (C=O) groups is 2. The number of amides is 2. The Kier molecular flexibility index (Phi) is 4.89. The number of carbonyl (C=O) groups excluding carboxylic acids is 1. The van der Waals surface area contributed by atoms with Gasteiger partial charge in [0.05, 0.1) is 5.56 Å². The van der Waals surface area contributed by atoms with E-state index in [1.54, 1.807) is 24.0 Å². The first-order chi connectivity index (χ1) is 9.59. The minimum atomic E-state index is -0.982. The number of hydrogen-bond acceptors (Lipinski definition) is 3. The SMILES string of the molecule is Cc1c(NC(=O)N2CCCSCC2)cccc1C(=O)O. The number of nitrogens with zero attached hydrogens (tertiary/aromatic N) is 1. The molecule has 2 amide bonds. The van der Waals surface area contributed by atoms with Gasteiger partial charge in [-0.3, -0.25) is 0 Å². The van der Waals surface area contributed by atoms with Crippen molar-refractivity contribution in [1.29, 1.82) is 0 Å². The van der Waals surface area contributed by atoms with Crippen molar-refractivity contribution < 1.29 is 14.7 Å². The molecule has 1 fully saturated rings. The molecule has 2 rings (SSSR count). The fourth-order valence-corrected chi connectivity index (χ4v) is 3.03. The second kappa shape index (κ2) is 6.65. The maximum absolute atomic E-state index is 12.2. The standard InChI is InChI=1S/C14H18N2O3S/c1-10-11(13(17)18)4-2-5-12(10)15-14(19)16-6-3-8-20-9-7-16/h2,4-5H,3,6-9H2,1H3,(H,15,19)(H,17,18). The Balaban J connectivity index is 2.11. The number of urea groups is 1. The largest absolute Gasteiger partial charge is 0.478 e. The topological polar surface area (TPSA) is 69.6 Å². The quantitative estimate of drug-likeness (QED) is 0.880. The minimum absolute atomic E-state index is 0.155. The Bertz CT molecular complexity index is 511. The molecule has 0 unspecified atom stereocenters. The zero-order valence-corrected chi connectivity index (χ0v) is 12.2. The summed E-state index contributed by atoms with van der Waals surface area (Å²) in [4.78, 5) is 25.1. The first-order valence-electron chi connectivity index (χ1n) is 6.56. The summed E-state index contributed by atoms with van der Waals surface area (Å²) in [7, 11) is 0. The number of benzene rings is 1. The van der Waals surface area contributed by atoms with E-state index in [9.17, 15) is 9.59 Å². The zero-order chi connectivity index (χ0) is 14.5. The number of thioether (sulfide) groups is 1. The molecule has 0 aliphatic carbocycles. The van der Waals surface area contributed by atoms with Gasteiger partial charge in [0.15, 0.2) is 0 Å². The Hall–Kier alpha value is -1.69. The molecule has 1 aliphatic rings. The number of carboxylic acid groups (broad SMARTS) is 1. The number of carboxylic acids is 1. The Morgan fingerprint density at radius 2 is 2.10 bits per heavy atom. The molecular formula is C14H18N2O3S. The van der Waals surface area contributed by atoms with E-state index < -0.39 is 5.97 Å². The minimum Gasteiger partial charge on any atom is -0.478 e. The van der Waals surface area contributed by atoms with Crippen molar-refractivity contribution in [1.82, 2.24) is 4.90 Å². The van der Waals surface area contributed by atoms with Gasteiger partial charge in [-0.05, 0) is 36.8 Å². The van der Waals surface area contributed by atoms with Crippen molar-refractivity contribution in [3.05, 3.63) is 29.3 Å². The molecule has 108 valence electrons. The van der Waals surface area contributed by atoms with Crippen LogP contribution in [0.25, 0.3) is 0 Å². The van der Waals surface area contributed by atoms with Gasteiger partial charge >= 0.3 is 12.0 Å². The van der Waals surface area contributed by atoms with E-state index in [0.717, 1.165) is 31.0 Å². The molecule has 1 aliphatic heterocycles. The molecule has 1 aromatic rings. The first kappa shape index (κ1) is 14.7. The lowest BCUT2D eigenvalue weighted by Crippen LogP contribution is -2.36. The van der Waals surface area contributed by atoms with Gasteiger partial charge in [-0.2, -0.15) is 11.8 Å². The predicted molar refractivity (Wildman–Crippen MR) is 80.7 cm³/mol. The molecule has 0 radical (unpaired) electrons. The van der Waals surface area contributed by atoms with Crippen LogP contribution in [0.4, 0.5) is 10.5 Å². The van der Waals surface area contributed by atoms with Crippen LogP contribution in [0.2, 0.25) is 0 Å². The van der Waals surface area contributed by atoms with Crippen molar-refractivity contribution in [2.75, 3.05) is 29.9 Å². The molecule has 0 saturated carbocycles. The van der Waals surface area contributed by atoms with E-state index in [4.69, 9.17) is 5.11 Å². The summed E-state index contributed by atoms with van der Waals surface area (Å²) >= 11 is 1.85. The molecule has 20 heavy (non-hydrogen) atoms. The van der Waals surface area contributed by atoms with Crippen molar-refractivity contribution in [2.45, 2.75) is 13.3 Å². The smallest absolute Gasteiger partial charge is 0.336 e. The fraction of sp³-hybridized carbons (Fsp3) is 0.429. The molecule has 1 saturated heterocycles. The summed E-state index contributed by atoms with van der Waals surface area (Å²) in [6, 6.07) is 4.75. The second-order valence-electron chi connectivity index (χ2n) is 4.67. The zero-order valence-electron chi connectivity index (χ0n) is 11.4. The number of anilines is 1. The molecule has 0 atom stereocenters. The Morgan fingerprint density at radius 3 is 2.85 bits per heavy atom. The highest BCUT2D eigenvalue weighted by molar-refractivity contribution is 7.99. The lowest BCUT2D eigenvalue weighted by atomic mass is 10.1.